The SMILES string of the molecule is CN(CC=CC(=O)N1CCCC(n2nc(-c3ccc(Oc4ccccc4)cc3)c3c(N)ncnc32)C1)C1CCCC1. The first-order valence-electron chi connectivity index (χ1n) is 14.5. The first kappa shape index (κ1) is 27.0. The Morgan fingerprint density at radius 3 is 2.56 bits per heavy atom. The Hall–Kier alpha value is -4.24. The Labute approximate surface area is 240 Å². The van der Waals surface area contributed by atoms with E-state index in [1.54, 1.807) is 6.08 Å². The van der Waals surface area contributed by atoms with Crippen molar-refractivity contribution in [2.24, 2.45) is 0 Å². The van der Waals surface area contributed by atoms with Crippen molar-refractivity contribution in [3.05, 3.63) is 73.1 Å². The topological polar surface area (TPSA) is 102 Å². The molecule has 1 saturated heterocycles. The molecule has 9 nitrogen and oxygen atoms in total. The van der Waals surface area contributed by atoms with Gasteiger partial charge in [0.2, 0.25) is 5.91 Å². The van der Waals surface area contributed by atoms with Crippen LogP contribution in [0.3, 0.4) is 0 Å². The van der Waals surface area contributed by atoms with Crippen LogP contribution in [0.4, 0.5) is 5.82 Å². The summed E-state index contributed by atoms with van der Waals surface area (Å²) >= 11 is 0. The number of nitrogens with zero attached hydrogens (tertiary/aromatic N) is 6. The van der Waals surface area contributed by atoms with Crippen LogP contribution in [0.25, 0.3) is 22.3 Å². The van der Waals surface area contributed by atoms with Crippen molar-refractivity contribution < 1.29 is 9.53 Å². The highest BCUT2D eigenvalue weighted by molar-refractivity contribution is 5.98. The second-order valence-electron chi connectivity index (χ2n) is 11.1. The first-order valence-corrected chi connectivity index (χ1v) is 14.5. The van der Waals surface area contributed by atoms with Gasteiger partial charge in [-0.2, -0.15) is 5.10 Å². The number of aromatic nitrogens is 4. The summed E-state index contributed by atoms with van der Waals surface area (Å²) < 4.78 is 7.90. The molecule has 2 N–H and O–H groups in total. The number of likely N-dealkylation sites (tertiary alicyclic amines) is 1. The smallest absolute Gasteiger partial charge is 0.246 e. The van der Waals surface area contributed by atoms with Crippen LogP contribution in [0.2, 0.25) is 0 Å². The molecular formula is C32H37N7O2. The minimum absolute atomic E-state index is 0.00602. The van der Waals surface area contributed by atoms with Gasteiger partial charge in [-0.25, -0.2) is 14.6 Å². The molecule has 2 aliphatic rings. The van der Waals surface area contributed by atoms with Gasteiger partial charge in [-0.05, 0) is 69.1 Å². The standard InChI is InChI=1S/C32H37N7O2/c1-37(24-9-5-6-10-24)19-8-14-28(40)38-20-7-11-25(21-38)39-32-29(31(33)34-22-35-32)30(36-39)23-15-17-27(18-16-23)41-26-12-3-2-4-13-26/h2-4,8,12-18,22,24-25H,5-7,9-11,19-21H2,1H3,(H2,33,34,35). The molecule has 2 aromatic carbocycles. The van der Waals surface area contributed by atoms with E-state index in [1.807, 2.05) is 70.3 Å². The van der Waals surface area contributed by atoms with Crippen molar-refractivity contribution >= 4 is 22.8 Å². The van der Waals surface area contributed by atoms with Gasteiger partial charge in [0.05, 0.1) is 11.4 Å². The molecule has 1 saturated carbocycles. The van der Waals surface area contributed by atoms with Crippen LogP contribution in [0.5, 0.6) is 11.5 Å². The number of piperidine rings is 1. The molecule has 1 aliphatic carbocycles. The van der Waals surface area contributed by atoms with Crippen molar-refractivity contribution in [2.75, 3.05) is 32.4 Å². The number of nitrogens with two attached hydrogens (primary N) is 1. The van der Waals surface area contributed by atoms with Gasteiger partial charge in [-0.1, -0.05) is 37.1 Å². The van der Waals surface area contributed by atoms with E-state index < -0.39 is 0 Å². The molecular weight excluding hydrogens is 514 g/mol. The summed E-state index contributed by atoms with van der Waals surface area (Å²) in [5.41, 5.74) is 8.67. The first-order chi connectivity index (χ1) is 20.1. The van der Waals surface area contributed by atoms with E-state index in [-0.39, 0.29) is 11.9 Å². The number of ether oxygens (including phenoxy) is 1. The molecule has 4 aromatic rings. The Bertz CT molecular complexity index is 1510. The fourth-order valence-electron chi connectivity index (χ4n) is 6.03. The van der Waals surface area contributed by atoms with Gasteiger partial charge in [0.25, 0.3) is 0 Å². The van der Waals surface area contributed by atoms with Crippen LogP contribution in [0.1, 0.15) is 44.6 Å². The van der Waals surface area contributed by atoms with Gasteiger partial charge in [-0.15, -0.1) is 0 Å². The maximum atomic E-state index is 13.1. The summed E-state index contributed by atoms with van der Waals surface area (Å²) in [6, 6.07) is 18.1. The van der Waals surface area contributed by atoms with Crippen molar-refractivity contribution in [2.45, 2.75) is 50.6 Å². The summed E-state index contributed by atoms with van der Waals surface area (Å²) in [6.07, 6.45) is 12.1. The van der Waals surface area contributed by atoms with Gasteiger partial charge >= 0.3 is 0 Å². The average molecular weight is 552 g/mol. The lowest BCUT2D eigenvalue weighted by molar-refractivity contribution is -0.127. The van der Waals surface area contributed by atoms with E-state index in [0.29, 0.717) is 24.1 Å². The number of nitrogen functional groups attached to an aromatic ring is 1. The molecule has 6 rings (SSSR count). The molecule has 1 atom stereocenters. The number of hydrogen-bond donors (Lipinski definition) is 1. The quantitative estimate of drug-likeness (QED) is 0.290. The lowest BCUT2D eigenvalue weighted by Crippen LogP contribution is -2.40. The lowest BCUT2D eigenvalue weighted by Gasteiger charge is -2.32. The van der Waals surface area contributed by atoms with Gasteiger partial charge in [0, 0.05) is 37.3 Å². The third kappa shape index (κ3) is 5.95. The van der Waals surface area contributed by atoms with Gasteiger partial charge < -0.3 is 15.4 Å². The van der Waals surface area contributed by atoms with E-state index >= 15 is 0 Å². The van der Waals surface area contributed by atoms with Crippen LogP contribution in [0, 0.1) is 0 Å². The predicted molar refractivity (Wildman–Crippen MR) is 161 cm³/mol. The minimum atomic E-state index is -0.00602. The molecule has 3 heterocycles. The largest absolute Gasteiger partial charge is 0.457 e. The molecule has 212 valence electrons. The molecule has 1 amide bonds. The number of fused-ring (bicyclic) bond motifs is 1. The third-order valence-corrected chi connectivity index (χ3v) is 8.28. The highest BCUT2D eigenvalue weighted by Crippen LogP contribution is 2.35. The highest BCUT2D eigenvalue weighted by atomic mass is 16.5. The minimum Gasteiger partial charge on any atom is -0.457 e. The van der Waals surface area contributed by atoms with Gasteiger partial charge in [0.15, 0.2) is 5.65 Å². The van der Waals surface area contributed by atoms with E-state index in [2.05, 4.69) is 21.9 Å². The van der Waals surface area contributed by atoms with Crippen molar-refractivity contribution in [3.8, 4) is 22.8 Å². The summed E-state index contributed by atoms with van der Waals surface area (Å²) in [5.74, 6) is 1.95. The summed E-state index contributed by atoms with van der Waals surface area (Å²) in [6.45, 7) is 2.11. The zero-order valence-electron chi connectivity index (χ0n) is 23.5. The monoisotopic (exact) mass is 551 g/mol. The lowest BCUT2D eigenvalue weighted by atomic mass is 10.1. The molecule has 2 fully saturated rings. The van der Waals surface area contributed by atoms with Crippen LogP contribution in [0.15, 0.2) is 73.1 Å². The maximum Gasteiger partial charge on any atom is 0.246 e. The van der Waals surface area contributed by atoms with E-state index in [9.17, 15) is 4.79 Å². The van der Waals surface area contributed by atoms with Gasteiger partial charge in [-0.3, -0.25) is 9.69 Å². The number of amides is 1. The normalized spacial score (nSPS) is 18.1. The Balaban J connectivity index is 1.20. The number of carbonyl (C=O) groups is 1. The number of likely N-dealkylation sites (N-methyl/N-ethyl adjacent to an activating group) is 1. The molecule has 1 aliphatic heterocycles. The number of carbonyl (C=O) groups excluding carboxylic acids is 1. The fourth-order valence-corrected chi connectivity index (χ4v) is 6.03. The second-order valence-corrected chi connectivity index (χ2v) is 11.1. The van der Waals surface area contributed by atoms with E-state index in [4.69, 9.17) is 15.6 Å². The fraction of sp³-hybridized carbons (Fsp3) is 0.375. The second kappa shape index (κ2) is 12.1. The van der Waals surface area contributed by atoms with Gasteiger partial charge in [0.1, 0.15) is 29.3 Å². The van der Waals surface area contributed by atoms with Crippen molar-refractivity contribution in [1.29, 1.82) is 0 Å². The highest BCUT2D eigenvalue weighted by Gasteiger charge is 2.28. The number of anilines is 1. The summed E-state index contributed by atoms with van der Waals surface area (Å²) in [5, 5.41) is 5.74. The number of hydrogen-bond acceptors (Lipinski definition) is 7. The van der Waals surface area contributed by atoms with E-state index in [1.165, 1.54) is 32.0 Å². The Morgan fingerprint density at radius 1 is 1.02 bits per heavy atom. The molecule has 0 spiro atoms. The third-order valence-electron chi connectivity index (χ3n) is 8.28. The zero-order chi connectivity index (χ0) is 28.2. The molecule has 0 bridgehead atoms. The average Bonchev–Trinajstić information content (AvgIpc) is 3.68. The molecule has 9 heteroatoms. The Morgan fingerprint density at radius 2 is 1.78 bits per heavy atom. The summed E-state index contributed by atoms with van der Waals surface area (Å²) in [4.78, 5) is 26.2. The molecule has 0 radical (unpaired) electrons. The number of benzene rings is 2. The number of rotatable bonds is 8. The van der Waals surface area contributed by atoms with E-state index in [0.717, 1.165) is 54.1 Å². The van der Waals surface area contributed by atoms with Crippen molar-refractivity contribution in [3.63, 3.8) is 0 Å². The molecule has 1 unspecified atom stereocenters. The predicted octanol–water partition coefficient (Wildman–Crippen LogP) is 5.46. The van der Waals surface area contributed by atoms with Crippen LogP contribution < -0.4 is 10.5 Å². The molecule has 2 aromatic heterocycles. The summed E-state index contributed by atoms with van der Waals surface area (Å²) in [7, 11) is 2.15. The van der Waals surface area contributed by atoms with Crippen LogP contribution >= 0.6 is 0 Å². The maximum absolute atomic E-state index is 13.1. The Kier molecular flexibility index (Phi) is 7.95. The number of para-hydroxylation sites is 1. The van der Waals surface area contributed by atoms with Crippen LogP contribution in [-0.2, 0) is 4.79 Å². The zero-order valence-corrected chi connectivity index (χ0v) is 23.5. The van der Waals surface area contributed by atoms with Crippen molar-refractivity contribution in [1.82, 2.24) is 29.5 Å². The van der Waals surface area contributed by atoms with Crippen LogP contribution in [-0.4, -0.2) is 68.2 Å². The molecule has 41 heavy (non-hydrogen) atoms.